The summed E-state index contributed by atoms with van der Waals surface area (Å²) in [6.07, 6.45) is -0.191. The summed E-state index contributed by atoms with van der Waals surface area (Å²) in [7, 11) is 0. The SMILES string of the molecule is O=C(N/N=C/c1ccc([N+](=O)[O-])cc1)C1Oc2ccccc2OC1c1ccccc1. The van der Waals surface area contributed by atoms with Gasteiger partial charge in [0.15, 0.2) is 17.6 Å². The van der Waals surface area contributed by atoms with E-state index in [0.717, 1.165) is 5.56 Å². The lowest BCUT2D eigenvalue weighted by atomic mass is 10.0. The molecule has 3 aromatic carbocycles. The van der Waals surface area contributed by atoms with Gasteiger partial charge >= 0.3 is 0 Å². The average molecular weight is 403 g/mol. The van der Waals surface area contributed by atoms with E-state index in [0.29, 0.717) is 17.1 Å². The molecule has 0 aliphatic carbocycles. The Morgan fingerprint density at radius 2 is 1.57 bits per heavy atom. The molecular weight excluding hydrogens is 386 g/mol. The molecule has 0 aromatic heterocycles. The Morgan fingerprint density at radius 3 is 2.23 bits per heavy atom. The molecule has 8 nitrogen and oxygen atoms in total. The van der Waals surface area contributed by atoms with Gasteiger partial charge in [0.25, 0.3) is 11.6 Å². The number of nitrogens with zero attached hydrogens (tertiary/aromatic N) is 2. The van der Waals surface area contributed by atoms with E-state index >= 15 is 0 Å². The molecule has 0 radical (unpaired) electrons. The summed E-state index contributed by atoms with van der Waals surface area (Å²) in [4.78, 5) is 23.0. The van der Waals surface area contributed by atoms with Crippen molar-refractivity contribution in [2.24, 2.45) is 5.10 Å². The molecule has 1 N–H and O–H groups in total. The van der Waals surface area contributed by atoms with Gasteiger partial charge in [0.2, 0.25) is 6.10 Å². The van der Waals surface area contributed by atoms with E-state index in [1.54, 1.807) is 18.2 Å². The lowest BCUT2D eigenvalue weighted by Crippen LogP contribution is -2.44. The lowest BCUT2D eigenvalue weighted by molar-refractivity contribution is -0.384. The predicted octanol–water partition coefficient (Wildman–Crippen LogP) is 3.63. The quantitative estimate of drug-likeness (QED) is 0.398. The zero-order valence-electron chi connectivity index (χ0n) is 15.7. The Bertz CT molecular complexity index is 1080. The Balaban J connectivity index is 1.51. The van der Waals surface area contributed by atoms with Crippen LogP contribution in [0, 0.1) is 10.1 Å². The number of carbonyl (C=O) groups excluding carboxylic acids is 1. The first kappa shape index (κ1) is 19.1. The fourth-order valence-electron chi connectivity index (χ4n) is 3.03. The number of ether oxygens (including phenoxy) is 2. The van der Waals surface area contributed by atoms with Gasteiger partial charge in [0.05, 0.1) is 11.1 Å². The van der Waals surface area contributed by atoms with Crippen LogP contribution in [0.3, 0.4) is 0 Å². The number of hydrogen-bond acceptors (Lipinski definition) is 6. The summed E-state index contributed by atoms with van der Waals surface area (Å²) in [6, 6.07) is 22.3. The van der Waals surface area contributed by atoms with E-state index in [4.69, 9.17) is 9.47 Å². The van der Waals surface area contributed by atoms with Crippen molar-refractivity contribution in [1.82, 2.24) is 5.43 Å². The van der Waals surface area contributed by atoms with Gasteiger partial charge in [0, 0.05) is 12.1 Å². The molecule has 0 saturated heterocycles. The normalized spacial score (nSPS) is 17.5. The van der Waals surface area contributed by atoms with E-state index in [9.17, 15) is 14.9 Å². The number of nitro benzene ring substituents is 1. The largest absolute Gasteiger partial charge is 0.477 e. The zero-order valence-corrected chi connectivity index (χ0v) is 15.7. The van der Waals surface area contributed by atoms with Crippen LogP contribution < -0.4 is 14.9 Å². The summed E-state index contributed by atoms with van der Waals surface area (Å²) >= 11 is 0. The van der Waals surface area contributed by atoms with Gasteiger partial charge in [-0.2, -0.15) is 5.10 Å². The van der Waals surface area contributed by atoms with Crippen LogP contribution in [0.2, 0.25) is 0 Å². The van der Waals surface area contributed by atoms with Gasteiger partial charge in [0.1, 0.15) is 0 Å². The fraction of sp³-hybridized carbons (Fsp3) is 0.0909. The van der Waals surface area contributed by atoms with Gasteiger partial charge in [-0.1, -0.05) is 42.5 Å². The number of rotatable bonds is 5. The Morgan fingerprint density at radius 1 is 0.933 bits per heavy atom. The summed E-state index contributed by atoms with van der Waals surface area (Å²) in [6.45, 7) is 0. The molecule has 2 unspecified atom stereocenters. The smallest absolute Gasteiger partial charge is 0.285 e. The minimum atomic E-state index is -0.948. The maximum absolute atomic E-state index is 12.8. The van der Waals surface area contributed by atoms with Crippen molar-refractivity contribution in [3.8, 4) is 11.5 Å². The highest BCUT2D eigenvalue weighted by molar-refractivity contribution is 5.85. The number of hydrogen-bond donors (Lipinski definition) is 1. The molecule has 150 valence electrons. The number of carbonyl (C=O) groups is 1. The average Bonchev–Trinajstić information content (AvgIpc) is 2.79. The van der Waals surface area contributed by atoms with Crippen molar-refractivity contribution in [2.75, 3.05) is 0 Å². The maximum Gasteiger partial charge on any atom is 0.285 e. The standard InChI is InChI=1S/C22H17N3O5/c26-22(24-23-14-15-10-12-17(13-11-15)25(27)28)21-20(16-6-2-1-3-7-16)29-18-8-4-5-9-19(18)30-21/h1-14,20-21H,(H,24,26)/b23-14+. The van der Waals surface area contributed by atoms with Gasteiger partial charge < -0.3 is 9.47 Å². The number of amides is 1. The first-order valence-corrected chi connectivity index (χ1v) is 9.16. The van der Waals surface area contributed by atoms with Crippen LogP contribution >= 0.6 is 0 Å². The molecule has 30 heavy (non-hydrogen) atoms. The highest BCUT2D eigenvalue weighted by atomic mass is 16.6. The number of hydrazone groups is 1. The highest BCUT2D eigenvalue weighted by Gasteiger charge is 2.38. The fourth-order valence-corrected chi connectivity index (χ4v) is 3.03. The highest BCUT2D eigenvalue weighted by Crippen LogP contribution is 2.39. The zero-order chi connectivity index (χ0) is 20.9. The molecule has 1 aliphatic rings. The summed E-state index contributed by atoms with van der Waals surface area (Å²) in [5.41, 5.74) is 3.84. The Kier molecular flexibility index (Phi) is 5.38. The van der Waals surface area contributed by atoms with E-state index < -0.39 is 23.0 Å². The first-order valence-electron chi connectivity index (χ1n) is 9.16. The van der Waals surface area contributed by atoms with Crippen LogP contribution in [0.4, 0.5) is 5.69 Å². The minimum Gasteiger partial charge on any atom is -0.477 e. The van der Waals surface area contributed by atoms with Crippen LogP contribution in [0.15, 0.2) is 84.0 Å². The van der Waals surface area contributed by atoms with Crippen molar-refractivity contribution in [3.63, 3.8) is 0 Å². The third kappa shape index (κ3) is 4.12. The number of fused-ring (bicyclic) bond motifs is 1. The van der Waals surface area contributed by atoms with E-state index in [1.807, 2.05) is 36.4 Å². The third-order valence-corrected chi connectivity index (χ3v) is 4.51. The van der Waals surface area contributed by atoms with Crippen molar-refractivity contribution in [3.05, 3.63) is 100 Å². The summed E-state index contributed by atoms with van der Waals surface area (Å²) in [5, 5.41) is 14.7. The van der Waals surface area contributed by atoms with Gasteiger partial charge in [-0.3, -0.25) is 14.9 Å². The second kappa shape index (κ2) is 8.44. The number of nitrogens with one attached hydrogen (secondary N) is 1. The summed E-state index contributed by atoms with van der Waals surface area (Å²) in [5.74, 6) is 0.561. The van der Waals surface area contributed by atoms with Crippen LogP contribution in [0.1, 0.15) is 17.2 Å². The van der Waals surface area contributed by atoms with E-state index in [1.165, 1.54) is 30.5 Å². The molecule has 2 atom stereocenters. The number of nitro groups is 1. The van der Waals surface area contributed by atoms with Crippen molar-refractivity contribution in [2.45, 2.75) is 12.2 Å². The Hall–Kier alpha value is -4.20. The van der Waals surface area contributed by atoms with Crippen LogP contribution in [0.25, 0.3) is 0 Å². The molecule has 1 heterocycles. The van der Waals surface area contributed by atoms with Crippen LogP contribution in [-0.2, 0) is 4.79 Å². The van der Waals surface area contributed by atoms with Crippen LogP contribution in [0.5, 0.6) is 11.5 Å². The van der Waals surface area contributed by atoms with Crippen LogP contribution in [-0.4, -0.2) is 23.1 Å². The molecule has 1 amide bonds. The van der Waals surface area contributed by atoms with Crippen molar-refractivity contribution in [1.29, 1.82) is 0 Å². The second-order valence-electron chi connectivity index (χ2n) is 6.52. The van der Waals surface area contributed by atoms with E-state index in [-0.39, 0.29) is 5.69 Å². The molecule has 0 fully saturated rings. The predicted molar refractivity (Wildman–Crippen MR) is 110 cm³/mol. The van der Waals surface area contributed by atoms with Gasteiger partial charge in [-0.25, -0.2) is 5.43 Å². The van der Waals surface area contributed by atoms with Crippen molar-refractivity contribution < 1.29 is 19.2 Å². The van der Waals surface area contributed by atoms with Gasteiger partial charge in [-0.05, 0) is 35.4 Å². The molecule has 0 saturated carbocycles. The lowest BCUT2D eigenvalue weighted by Gasteiger charge is -2.32. The molecule has 3 aromatic rings. The molecule has 0 spiro atoms. The van der Waals surface area contributed by atoms with E-state index in [2.05, 4.69) is 10.5 Å². The Labute approximate surface area is 171 Å². The first-order chi connectivity index (χ1) is 14.6. The maximum atomic E-state index is 12.8. The molecule has 0 bridgehead atoms. The number of non-ortho nitro benzene ring substituents is 1. The minimum absolute atomic E-state index is 0.0201. The van der Waals surface area contributed by atoms with Gasteiger partial charge in [-0.15, -0.1) is 0 Å². The monoisotopic (exact) mass is 403 g/mol. The van der Waals surface area contributed by atoms with Crippen molar-refractivity contribution >= 4 is 17.8 Å². The number of para-hydroxylation sites is 2. The third-order valence-electron chi connectivity index (χ3n) is 4.51. The number of benzene rings is 3. The topological polar surface area (TPSA) is 103 Å². The molecule has 4 rings (SSSR count). The molecule has 8 heteroatoms. The molecular formula is C22H17N3O5. The molecule has 1 aliphatic heterocycles. The second-order valence-corrected chi connectivity index (χ2v) is 6.52. The summed E-state index contributed by atoms with van der Waals surface area (Å²) < 4.78 is 12.0.